The first-order chi connectivity index (χ1) is 13.7. The van der Waals surface area contributed by atoms with Crippen LogP contribution >= 0.6 is 11.3 Å². The number of methoxy groups -OCH3 is 2. The van der Waals surface area contributed by atoms with Crippen molar-refractivity contribution in [3.8, 4) is 17.2 Å². The summed E-state index contributed by atoms with van der Waals surface area (Å²) in [6.07, 6.45) is 0.976. The average Bonchev–Trinajstić information content (AvgIpc) is 3.20. The molecule has 0 fully saturated rings. The average molecular weight is 399 g/mol. The van der Waals surface area contributed by atoms with Gasteiger partial charge in [0, 0.05) is 18.5 Å². The molecule has 0 aliphatic heterocycles. The predicted octanol–water partition coefficient (Wildman–Crippen LogP) is 4.59. The highest BCUT2D eigenvalue weighted by molar-refractivity contribution is 7.09. The lowest BCUT2D eigenvalue weighted by molar-refractivity contribution is 0.265. The molecule has 0 spiro atoms. The largest absolute Gasteiger partial charge is 0.493 e. The van der Waals surface area contributed by atoms with Crippen LogP contribution in [0.1, 0.15) is 28.8 Å². The van der Waals surface area contributed by atoms with Crippen molar-refractivity contribution in [2.45, 2.75) is 33.0 Å². The zero-order valence-corrected chi connectivity index (χ0v) is 17.3. The van der Waals surface area contributed by atoms with Crippen LogP contribution in [0, 0.1) is 0 Å². The number of aromatic nitrogens is 1. The Kier molecular flexibility index (Phi) is 7.28. The Labute approximate surface area is 170 Å². The molecule has 0 aliphatic carbocycles. The van der Waals surface area contributed by atoms with Gasteiger partial charge in [0.15, 0.2) is 11.5 Å². The van der Waals surface area contributed by atoms with Gasteiger partial charge >= 0.3 is 0 Å². The van der Waals surface area contributed by atoms with Gasteiger partial charge in [0.1, 0.15) is 6.61 Å². The quantitative estimate of drug-likeness (QED) is 0.541. The number of nitrogens with zero attached hydrogens (tertiary/aromatic N) is 1. The molecule has 0 amide bonds. The molecule has 0 unspecified atom stereocenters. The summed E-state index contributed by atoms with van der Waals surface area (Å²) in [6, 6.07) is 14.0. The molecule has 2 aromatic carbocycles. The lowest BCUT2D eigenvalue weighted by atomic mass is 10.1. The molecular formula is C22H26N2O3S. The third kappa shape index (κ3) is 5.24. The van der Waals surface area contributed by atoms with Crippen LogP contribution in [0.25, 0.3) is 0 Å². The molecule has 0 aliphatic rings. The fraction of sp³-hybridized carbons (Fsp3) is 0.318. The SMILES string of the molecule is CCc1nc(CNCc2cc(OC)c(OCc3ccccc3)c(OC)c2)cs1. The van der Waals surface area contributed by atoms with Crippen molar-refractivity contribution in [1.29, 1.82) is 0 Å². The molecule has 0 bridgehead atoms. The van der Waals surface area contributed by atoms with Crippen molar-refractivity contribution in [3.05, 3.63) is 69.7 Å². The maximum absolute atomic E-state index is 6.00. The first-order valence-electron chi connectivity index (χ1n) is 9.29. The van der Waals surface area contributed by atoms with Crippen LogP contribution in [0.3, 0.4) is 0 Å². The molecule has 28 heavy (non-hydrogen) atoms. The van der Waals surface area contributed by atoms with Gasteiger partial charge in [0.05, 0.1) is 24.9 Å². The third-order valence-corrected chi connectivity index (χ3v) is 5.33. The van der Waals surface area contributed by atoms with Crippen LogP contribution in [-0.4, -0.2) is 19.2 Å². The molecule has 3 aromatic rings. The van der Waals surface area contributed by atoms with Crippen molar-refractivity contribution < 1.29 is 14.2 Å². The summed E-state index contributed by atoms with van der Waals surface area (Å²) < 4.78 is 17.1. The standard InChI is InChI=1S/C22H26N2O3S/c1-4-21-24-18(15-28-21)13-23-12-17-10-19(25-2)22(20(11-17)26-3)27-14-16-8-6-5-7-9-16/h5-11,15,23H,4,12-14H2,1-3H3. The molecule has 1 N–H and O–H groups in total. The van der Waals surface area contributed by atoms with Gasteiger partial charge in [-0.05, 0) is 29.7 Å². The van der Waals surface area contributed by atoms with E-state index in [0.717, 1.165) is 29.8 Å². The van der Waals surface area contributed by atoms with Gasteiger partial charge in [-0.2, -0.15) is 0 Å². The van der Waals surface area contributed by atoms with E-state index in [0.29, 0.717) is 30.4 Å². The molecule has 0 saturated carbocycles. The van der Waals surface area contributed by atoms with Gasteiger partial charge in [-0.25, -0.2) is 4.98 Å². The van der Waals surface area contributed by atoms with Gasteiger partial charge in [0.25, 0.3) is 0 Å². The number of nitrogens with one attached hydrogen (secondary N) is 1. The molecular weight excluding hydrogens is 372 g/mol. The van der Waals surface area contributed by atoms with E-state index in [2.05, 4.69) is 22.6 Å². The molecule has 3 rings (SSSR count). The minimum absolute atomic E-state index is 0.453. The summed E-state index contributed by atoms with van der Waals surface area (Å²) in [6.45, 7) is 3.99. The zero-order chi connectivity index (χ0) is 19.8. The topological polar surface area (TPSA) is 52.6 Å². The Morgan fingerprint density at radius 2 is 1.68 bits per heavy atom. The van der Waals surface area contributed by atoms with Crippen molar-refractivity contribution >= 4 is 11.3 Å². The maximum Gasteiger partial charge on any atom is 0.203 e. The zero-order valence-electron chi connectivity index (χ0n) is 16.5. The highest BCUT2D eigenvalue weighted by atomic mass is 32.1. The minimum atomic E-state index is 0.453. The summed E-state index contributed by atoms with van der Waals surface area (Å²) in [7, 11) is 3.28. The number of ether oxygens (including phenoxy) is 3. The maximum atomic E-state index is 6.00. The summed E-state index contributed by atoms with van der Waals surface area (Å²) in [5.41, 5.74) is 3.22. The lowest BCUT2D eigenvalue weighted by Gasteiger charge is -2.16. The molecule has 0 radical (unpaired) electrons. The normalized spacial score (nSPS) is 10.7. The van der Waals surface area contributed by atoms with Gasteiger partial charge in [-0.3, -0.25) is 0 Å². The lowest BCUT2D eigenvalue weighted by Crippen LogP contribution is -2.13. The minimum Gasteiger partial charge on any atom is -0.493 e. The Morgan fingerprint density at radius 3 is 2.29 bits per heavy atom. The van der Waals surface area contributed by atoms with Crippen LogP contribution in [0.15, 0.2) is 47.8 Å². The van der Waals surface area contributed by atoms with E-state index >= 15 is 0 Å². The summed E-state index contributed by atoms with van der Waals surface area (Å²) >= 11 is 1.71. The van der Waals surface area contributed by atoms with Gasteiger partial charge in [0.2, 0.25) is 5.75 Å². The van der Waals surface area contributed by atoms with Crippen molar-refractivity contribution in [3.63, 3.8) is 0 Å². The van der Waals surface area contributed by atoms with E-state index in [4.69, 9.17) is 14.2 Å². The highest BCUT2D eigenvalue weighted by Crippen LogP contribution is 2.39. The highest BCUT2D eigenvalue weighted by Gasteiger charge is 2.14. The van der Waals surface area contributed by atoms with Crippen LogP contribution < -0.4 is 19.5 Å². The fourth-order valence-corrected chi connectivity index (χ4v) is 3.58. The second-order valence-corrected chi connectivity index (χ2v) is 7.24. The molecule has 5 nitrogen and oxygen atoms in total. The summed E-state index contributed by atoms with van der Waals surface area (Å²) in [4.78, 5) is 4.58. The Hall–Kier alpha value is -2.57. The van der Waals surface area contributed by atoms with E-state index in [1.54, 1.807) is 25.6 Å². The van der Waals surface area contributed by atoms with Crippen molar-refractivity contribution in [2.24, 2.45) is 0 Å². The van der Waals surface area contributed by atoms with Crippen molar-refractivity contribution in [1.82, 2.24) is 10.3 Å². The fourth-order valence-electron chi connectivity index (χ4n) is 2.84. The Bertz CT molecular complexity index is 855. The number of thiazole rings is 1. The molecule has 148 valence electrons. The Morgan fingerprint density at radius 1 is 0.964 bits per heavy atom. The van der Waals surface area contributed by atoms with E-state index < -0.39 is 0 Å². The van der Waals surface area contributed by atoms with E-state index in [1.807, 2.05) is 42.5 Å². The van der Waals surface area contributed by atoms with E-state index in [9.17, 15) is 0 Å². The second-order valence-electron chi connectivity index (χ2n) is 6.29. The second kappa shape index (κ2) is 10.1. The Balaban J connectivity index is 1.67. The number of benzene rings is 2. The van der Waals surface area contributed by atoms with Crippen molar-refractivity contribution in [2.75, 3.05) is 14.2 Å². The van der Waals surface area contributed by atoms with Gasteiger partial charge in [-0.15, -0.1) is 11.3 Å². The molecule has 1 heterocycles. The van der Waals surface area contributed by atoms with Crippen LogP contribution in [-0.2, 0) is 26.1 Å². The monoisotopic (exact) mass is 398 g/mol. The predicted molar refractivity (Wildman–Crippen MR) is 112 cm³/mol. The van der Waals surface area contributed by atoms with Gasteiger partial charge in [-0.1, -0.05) is 37.3 Å². The number of hydrogen-bond donors (Lipinski definition) is 1. The van der Waals surface area contributed by atoms with Crippen LogP contribution in [0.4, 0.5) is 0 Å². The van der Waals surface area contributed by atoms with E-state index in [1.165, 1.54) is 5.01 Å². The first kappa shape index (κ1) is 20.2. The summed E-state index contributed by atoms with van der Waals surface area (Å²) in [5.74, 6) is 1.94. The third-order valence-electron chi connectivity index (χ3n) is 4.28. The molecule has 1 aromatic heterocycles. The molecule has 0 atom stereocenters. The van der Waals surface area contributed by atoms with Crippen LogP contribution in [0.2, 0.25) is 0 Å². The number of aryl methyl sites for hydroxylation is 1. The number of hydrogen-bond acceptors (Lipinski definition) is 6. The molecule has 0 saturated heterocycles. The first-order valence-corrected chi connectivity index (χ1v) is 10.2. The van der Waals surface area contributed by atoms with Crippen LogP contribution in [0.5, 0.6) is 17.2 Å². The number of rotatable bonds is 10. The summed E-state index contributed by atoms with van der Waals surface area (Å²) in [5, 5.41) is 6.70. The smallest absolute Gasteiger partial charge is 0.203 e. The van der Waals surface area contributed by atoms with Gasteiger partial charge < -0.3 is 19.5 Å². The van der Waals surface area contributed by atoms with E-state index in [-0.39, 0.29) is 0 Å². The molecule has 6 heteroatoms.